The standard InChI is InChI=1S/C7H13N3OS2/c1-5-6(13(11)10(3)4)12-7(8-2)9-5/h1-4H3,(H,8,9). The second kappa shape index (κ2) is 4.17. The smallest absolute Gasteiger partial charge is 0.183 e. The zero-order valence-electron chi connectivity index (χ0n) is 8.12. The summed E-state index contributed by atoms with van der Waals surface area (Å²) >= 11 is 1.43. The molecule has 1 aromatic rings. The molecule has 6 heteroatoms. The van der Waals surface area contributed by atoms with Gasteiger partial charge in [-0.05, 0) is 21.0 Å². The van der Waals surface area contributed by atoms with E-state index in [1.165, 1.54) is 11.3 Å². The third-order valence-electron chi connectivity index (χ3n) is 1.46. The highest BCUT2D eigenvalue weighted by atomic mass is 32.2. The van der Waals surface area contributed by atoms with Gasteiger partial charge in [0.05, 0.1) is 5.69 Å². The molecule has 1 unspecified atom stereocenters. The molecule has 0 amide bonds. The van der Waals surface area contributed by atoms with Crippen LogP contribution in [0.2, 0.25) is 0 Å². The first kappa shape index (κ1) is 10.6. The van der Waals surface area contributed by atoms with Crippen LogP contribution < -0.4 is 5.32 Å². The second-order valence-electron chi connectivity index (χ2n) is 2.70. The maximum absolute atomic E-state index is 11.7. The molecule has 0 bridgehead atoms. The van der Waals surface area contributed by atoms with Gasteiger partial charge in [0, 0.05) is 7.05 Å². The Bertz CT molecular complexity index is 322. The average molecular weight is 219 g/mol. The van der Waals surface area contributed by atoms with Crippen molar-refractivity contribution >= 4 is 27.5 Å². The number of nitrogens with one attached hydrogen (secondary N) is 1. The molecule has 4 nitrogen and oxygen atoms in total. The molecule has 1 aromatic heterocycles. The summed E-state index contributed by atoms with van der Waals surface area (Å²) in [5.74, 6) is 0. The molecule has 0 radical (unpaired) electrons. The van der Waals surface area contributed by atoms with E-state index < -0.39 is 11.0 Å². The lowest BCUT2D eigenvalue weighted by molar-refractivity contribution is 0.604. The van der Waals surface area contributed by atoms with E-state index in [4.69, 9.17) is 0 Å². The number of rotatable bonds is 3. The molecule has 0 aliphatic rings. The first-order valence-corrected chi connectivity index (χ1v) is 5.73. The van der Waals surface area contributed by atoms with E-state index in [2.05, 4.69) is 10.3 Å². The normalized spacial score (nSPS) is 13.3. The van der Waals surface area contributed by atoms with E-state index in [9.17, 15) is 4.21 Å². The second-order valence-corrected chi connectivity index (χ2v) is 5.60. The van der Waals surface area contributed by atoms with Gasteiger partial charge in [-0.25, -0.2) is 13.5 Å². The van der Waals surface area contributed by atoms with Crippen LogP contribution in [0.3, 0.4) is 0 Å². The van der Waals surface area contributed by atoms with Crippen molar-refractivity contribution in [1.29, 1.82) is 0 Å². The highest BCUT2D eigenvalue weighted by Crippen LogP contribution is 2.25. The zero-order chi connectivity index (χ0) is 10.0. The summed E-state index contributed by atoms with van der Waals surface area (Å²) in [6.07, 6.45) is 0. The van der Waals surface area contributed by atoms with Crippen LogP contribution in [-0.4, -0.2) is 34.6 Å². The Hall–Kier alpha value is -0.460. The van der Waals surface area contributed by atoms with Crippen molar-refractivity contribution in [1.82, 2.24) is 9.29 Å². The molecule has 13 heavy (non-hydrogen) atoms. The summed E-state index contributed by atoms with van der Waals surface area (Å²) < 4.78 is 14.2. The summed E-state index contributed by atoms with van der Waals surface area (Å²) in [5, 5.41) is 3.74. The Morgan fingerprint density at radius 2 is 2.15 bits per heavy atom. The highest BCUT2D eigenvalue weighted by molar-refractivity contribution is 7.85. The lowest BCUT2D eigenvalue weighted by atomic mass is 10.6. The van der Waals surface area contributed by atoms with Crippen LogP contribution in [0.15, 0.2) is 4.21 Å². The van der Waals surface area contributed by atoms with Gasteiger partial charge in [0.25, 0.3) is 0 Å². The van der Waals surface area contributed by atoms with E-state index in [1.54, 1.807) is 25.4 Å². The lowest BCUT2D eigenvalue weighted by Gasteiger charge is -2.06. The van der Waals surface area contributed by atoms with E-state index in [0.717, 1.165) is 15.0 Å². The quantitative estimate of drug-likeness (QED) is 0.827. The Morgan fingerprint density at radius 1 is 1.54 bits per heavy atom. The molecule has 0 aliphatic carbocycles. The molecule has 1 atom stereocenters. The molecule has 0 saturated carbocycles. The molecule has 1 rings (SSSR count). The molecule has 1 heterocycles. The van der Waals surface area contributed by atoms with Gasteiger partial charge < -0.3 is 5.32 Å². The van der Waals surface area contributed by atoms with Gasteiger partial charge in [0.2, 0.25) is 0 Å². The zero-order valence-corrected chi connectivity index (χ0v) is 9.75. The predicted octanol–water partition coefficient (Wildman–Crippen LogP) is 1.08. The van der Waals surface area contributed by atoms with Crippen molar-refractivity contribution in [3.63, 3.8) is 0 Å². The molecular weight excluding hydrogens is 206 g/mol. The van der Waals surface area contributed by atoms with Crippen LogP contribution in [0.4, 0.5) is 5.13 Å². The summed E-state index contributed by atoms with van der Waals surface area (Å²) in [5.41, 5.74) is 0.835. The fourth-order valence-corrected chi connectivity index (χ4v) is 3.07. The molecular formula is C7H13N3OS2. The van der Waals surface area contributed by atoms with Crippen molar-refractivity contribution in [3.8, 4) is 0 Å². The minimum atomic E-state index is -1.08. The minimum absolute atomic E-state index is 0.808. The fourth-order valence-electron chi connectivity index (χ4n) is 0.817. The van der Waals surface area contributed by atoms with E-state index in [0.29, 0.717) is 0 Å². The predicted molar refractivity (Wildman–Crippen MR) is 56.5 cm³/mol. The van der Waals surface area contributed by atoms with Gasteiger partial charge in [-0.2, -0.15) is 0 Å². The average Bonchev–Trinajstić information content (AvgIpc) is 2.45. The molecule has 1 N–H and O–H groups in total. The number of anilines is 1. The van der Waals surface area contributed by atoms with Gasteiger partial charge in [0.15, 0.2) is 5.13 Å². The number of thiazole rings is 1. The Labute approximate surface area is 84.6 Å². The van der Waals surface area contributed by atoms with E-state index in [1.807, 2.05) is 6.92 Å². The van der Waals surface area contributed by atoms with Crippen molar-refractivity contribution < 1.29 is 4.21 Å². The third kappa shape index (κ3) is 2.26. The van der Waals surface area contributed by atoms with Crippen LogP contribution >= 0.6 is 11.3 Å². The number of aryl methyl sites for hydroxylation is 1. The molecule has 0 aliphatic heterocycles. The summed E-state index contributed by atoms with van der Waals surface area (Å²) in [6, 6.07) is 0. The molecule has 0 fully saturated rings. The molecule has 0 spiro atoms. The van der Waals surface area contributed by atoms with Crippen molar-refractivity contribution in [3.05, 3.63) is 5.69 Å². The van der Waals surface area contributed by atoms with Crippen molar-refractivity contribution in [2.75, 3.05) is 26.5 Å². The Kier molecular flexibility index (Phi) is 3.40. The lowest BCUT2D eigenvalue weighted by Crippen LogP contribution is -2.14. The van der Waals surface area contributed by atoms with Gasteiger partial charge in [-0.15, -0.1) is 0 Å². The van der Waals surface area contributed by atoms with Gasteiger partial charge in [0.1, 0.15) is 15.2 Å². The maximum Gasteiger partial charge on any atom is 0.183 e. The number of hydrogen-bond donors (Lipinski definition) is 1. The number of aromatic nitrogens is 1. The molecule has 0 saturated heterocycles. The van der Waals surface area contributed by atoms with Gasteiger partial charge in [-0.1, -0.05) is 11.3 Å². The van der Waals surface area contributed by atoms with Gasteiger partial charge in [-0.3, -0.25) is 0 Å². The van der Waals surface area contributed by atoms with Crippen molar-refractivity contribution in [2.45, 2.75) is 11.1 Å². The highest BCUT2D eigenvalue weighted by Gasteiger charge is 2.14. The van der Waals surface area contributed by atoms with Crippen LogP contribution in [-0.2, 0) is 11.0 Å². The van der Waals surface area contributed by atoms with E-state index in [-0.39, 0.29) is 0 Å². The third-order valence-corrected chi connectivity index (χ3v) is 4.38. The number of hydrogen-bond acceptors (Lipinski definition) is 4. The van der Waals surface area contributed by atoms with Crippen LogP contribution in [0.1, 0.15) is 5.69 Å². The molecule has 0 aromatic carbocycles. The first-order chi connectivity index (χ1) is 6.06. The Morgan fingerprint density at radius 3 is 2.54 bits per heavy atom. The summed E-state index contributed by atoms with van der Waals surface area (Å²) in [7, 11) is 4.30. The Balaban J connectivity index is 3.00. The van der Waals surface area contributed by atoms with Crippen LogP contribution in [0.5, 0.6) is 0 Å². The summed E-state index contributed by atoms with van der Waals surface area (Å²) in [6.45, 7) is 1.87. The fraction of sp³-hybridized carbons (Fsp3) is 0.571. The van der Waals surface area contributed by atoms with Gasteiger partial charge >= 0.3 is 0 Å². The maximum atomic E-state index is 11.7. The minimum Gasteiger partial charge on any atom is -0.365 e. The van der Waals surface area contributed by atoms with Crippen LogP contribution in [0, 0.1) is 6.92 Å². The number of nitrogens with zero attached hydrogens (tertiary/aromatic N) is 2. The topological polar surface area (TPSA) is 45.2 Å². The molecule has 74 valence electrons. The summed E-state index contributed by atoms with van der Waals surface area (Å²) in [4.78, 5) is 4.22. The SMILES string of the molecule is CNc1nc(C)c(S(=O)N(C)C)s1. The van der Waals surface area contributed by atoms with Crippen LogP contribution in [0.25, 0.3) is 0 Å². The van der Waals surface area contributed by atoms with Crippen molar-refractivity contribution in [2.24, 2.45) is 0 Å². The first-order valence-electron chi connectivity index (χ1n) is 3.80. The largest absolute Gasteiger partial charge is 0.365 e. The van der Waals surface area contributed by atoms with E-state index >= 15 is 0 Å². The monoisotopic (exact) mass is 219 g/mol.